The van der Waals surface area contributed by atoms with Crippen molar-refractivity contribution in [1.82, 2.24) is 4.90 Å². The van der Waals surface area contributed by atoms with E-state index in [1.165, 1.54) is 7.11 Å². The number of amides is 2. The predicted molar refractivity (Wildman–Crippen MR) is 110 cm³/mol. The molecule has 29 heavy (non-hydrogen) atoms. The number of esters is 1. The minimum Gasteiger partial charge on any atom is -0.496 e. The third-order valence-corrected chi connectivity index (χ3v) is 4.44. The predicted octanol–water partition coefficient (Wildman–Crippen LogP) is 3.28. The SMILES string of the molecule is CCN(CC)C(=O)c1ccc(NC(=O)COC(=O)c2ccc(C)c(OC)c2)cc1. The van der Waals surface area contributed by atoms with Crippen LogP contribution < -0.4 is 10.1 Å². The van der Waals surface area contributed by atoms with Crippen molar-refractivity contribution < 1.29 is 23.9 Å². The minimum atomic E-state index is -0.612. The van der Waals surface area contributed by atoms with Crippen LogP contribution in [0, 0.1) is 6.92 Å². The maximum absolute atomic E-state index is 12.3. The number of nitrogens with zero attached hydrogens (tertiary/aromatic N) is 1. The van der Waals surface area contributed by atoms with E-state index in [-0.39, 0.29) is 5.91 Å². The Bertz CT molecular complexity index is 873. The molecule has 7 nitrogen and oxygen atoms in total. The molecule has 0 aliphatic heterocycles. The second-order valence-corrected chi connectivity index (χ2v) is 6.36. The molecule has 154 valence electrons. The second-order valence-electron chi connectivity index (χ2n) is 6.36. The molecule has 0 aliphatic rings. The van der Waals surface area contributed by atoms with Crippen LogP contribution in [0.5, 0.6) is 5.75 Å². The molecule has 0 heterocycles. The van der Waals surface area contributed by atoms with Crippen molar-refractivity contribution >= 4 is 23.5 Å². The highest BCUT2D eigenvalue weighted by atomic mass is 16.5. The van der Waals surface area contributed by atoms with Crippen molar-refractivity contribution in [3.05, 3.63) is 59.2 Å². The van der Waals surface area contributed by atoms with Gasteiger partial charge in [-0.2, -0.15) is 0 Å². The molecule has 0 aliphatic carbocycles. The Hall–Kier alpha value is -3.35. The number of anilines is 1. The molecular formula is C22H26N2O5. The summed E-state index contributed by atoms with van der Waals surface area (Å²) in [5.41, 5.74) is 2.26. The molecule has 0 bridgehead atoms. The molecule has 1 N–H and O–H groups in total. The molecule has 2 rings (SSSR count). The highest BCUT2D eigenvalue weighted by molar-refractivity contribution is 5.97. The van der Waals surface area contributed by atoms with Crippen LogP contribution in [0.25, 0.3) is 0 Å². The number of carbonyl (C=O) groups excluding carboxylic acids is 3. The molecule has 2 aromatic carbocycles. The van der Waals surface area contributed by atoms with E-state index in [0.717, 1.165) is 5.56 Å². The Labute approximate surface area is 170 Å². The van der Waals surface area contributed by atoms with E-state index in [2.05, 4.69) is 5.32 Å². The Morgan fingerprint density at radius 1 is 0.966 bits per heavy atom. The summed E-state index contributed by atoms with van der Waals surface area (Å²) in [4.78, 5) is 38.2. The van der Waals surface area contributed by atoms with Gasteiger partial charge in [0.15, 0.2) is 6.61 Å². The van der Waals surface area contributed by atoms with Gasteiger partial charge in [-0.15, -0.1) is 0 Å². The van der Waals surface area contributed by atoms with E-state index in [4.69, 9.17) is 9.47 Å². The fourth-order valence-electron chi connectivity index (χ4n) is 2.75. The lowest BCUT2D eigenvalue weighted by molar-refractivity contribution is -0.119. The maximum Gasteiger partial charge on any atom is 0.338 e. The van der Waals surface area contributed by atoms with Crippen molar-refractivity contribution in [3.63, 3.8) is 0 Å². The number of methoxy groups -OCH3 is 1. The van der Waals surface area contributed by atoms with Gasteiger partial charge in [-0.1, -0.05) is 6.07 Å². The zero-order valence-corrected chi connectivity index (χ0v) is 17.2. The third-order valence-electron chi connectivity index (χ3n) is 4.44. The average Bonchev–Trinajstić information content (AvgIpc) is 2.73. The largest absolute Gasteiger partial charge is 0.496 e. The summed E-state index contributed by atoms with van der Waals surface area (Å²) in [6, 6.07) is 11.5. The molecule has 0 spiro atoms. The molecule has 2 aromatic rings. The standard InChI is InChI=1S/C22H26N2O5/c1-5-24(6-2)21(26)16-9-11-18(12-10-16)23-20(25)14-29-22(27)17-8-7-15(3)19(13-17)28-4/h7-13H,5-6,14H2,1-4H3,(H,23,25). The summed E-state index contributed by atoms with van der Waals surface area (Å²) >= 11 is 0. The normalized spacial score (nSPS) is 10.2. The number of hydrogen-bond donors (Lipinski definition) is 1. The number of carbonyl (C=O) groups is 3. The van der Waals surface area contributed by atoms with Crippen molar-refractivity contribution in [2.75, 3.05) is 32.1 Å². The molecule has 0 unspecified atom stereocenters. The van der Waals surface area contributed by atoms with Gasteiger partial charge < -0.3 is 19.7 Å². The van der Waals surface area contributed by atoms with Crippen LogP contribution in [0.4, 0.5) is 5.69 Å². The fraction of sp³-hybridized carbons (Fsp3) is 0.318. The van der Waals surface area contributed by atoms with Crippen LogP contribution in [0.15, 0.2) is 42.5 Å². The van der Waals surface area contributed by atoms with Crippen molar-refractivity contribution in [2.24, 2.45) is 0 Å². The number of ether oxygens (including phenoxy) is 2. The van der Waals surface area contributed by atoms with E-state index in [0.29, 0.717) is 35.7 Å². The summed E-state index contributed by atoms with van der Waals surface area (Å²) in [6.45, 7) is 6.55. The lowest BCUT2D eigenvalue weighted by atomic mass is 10.1. The van der Waals surface area contributed by atoms with E-state index >= 15 is 0 Å². The van der Waals surface area contributed by atoms with E-state index in [9.17, 15) is 14.4 Å². The van der Waals surface area contributed by atoms with E-state index < -0.39 is 18.5 Å². The second kappa shape index (κ2) is 10.3. The quantitative estimate of drug-likeness (QED) is 0.690. The van der Waals surface area contributed by atoms with Gasteiger partial charge in [0.1, 0.15) is 5.75 Å². The van der Waals surface area contributed by atoms with E-state index in [1.54, 1.807) is 47.4 Å². The lowest BCUT2D eigenvalue weighted by Gasteiger charge is -2.18. The summed E-state index contributed by atoms with van der Waals surface area (Å²) in [6.07, 6.45) is 0. The lowest BCUT2D eigenvalue weighted by Crippen LogP contribution is -2.30. The Balaban J connectivity index is 1.90. The number of aryl methyl sites for hydroxylation is 1. The fourth-order valence-corrected chi connectivity index (χ4v) is 2.75. The number of hydrogen-bond acceptors (Lipinski definition) is 5. The topological polar surface area (TPSA) is 84.9 Å². The zero-order chi connectivity index (χ0) is 21.4. The first kappa shape index (κ1) is 21.9. The molecule has 0 fully saturated rings. The van der Waals surface area contributed by atoms with Crippen LogP contribution >= 0.6 is 0 Å². The number of rotatable bonds is 8. The zero-order valence-electron chi connectivity index (χ0n) is 17.2. The van der Waals surface area contributed by atoms with Crippen molar-refractivity contribution in [3.8, 4) is 5.75 Å². The van der Waals surface area contributed by atoms with Gasteiger partial charge in [-0.25, -0.2) is 4.79 Å². The summed E-state index contributed by atoms with van der Waals surface area (Å²) in [7, 11) is 1.52. The number of nitrogens with one attached hydrogen (secondary N) is 1. The summed E-state index contributed by atoms with van der Waals surface area (Å²) < 4.78 is 10.2. The Kier molecular flexibility index (Phi) is 7.77. The van der Waals surface area contributed by atoms with Crippen LogP contribution in [0.3, 0.4) is 0 Å². The van der Waals surface area contributed by atoms with Gasteiger partial charge in [0.25, 0.3) is 11.8 Å². The first-order valence-corrected chi connectivity index (χ1v) is 9.40. The summed E-state index contributed by atoms with van der Waals surface area (Å²) in [5, 5.41) is 2.64. The van der Waals surface area contributed by atoms with Crippen LogP contribution in [0.2, 0.25) is 0 Å². The van der Waals surface area contributed by atoms with Gasteiger partial charge in [0, 0.05) is 24.3 Å². The van der Waals surface area contributed by atoms with Crippen molar-refractivity contribution in [1.29, 1.82) is 0 Å². The molecule has 0 saturated heterocycles. The molecule has 0 radical (unpaired) electrons. The highest BCUT2D eigenvalue weighted by Gasteiger charge is 2.14. The van der Waals surface area contributed by atoms with Crippen molar-refractivity contribution in [2.45, 2.75) is 20.8 Å². The van der Waals surface area contributed by atoms with Gasteiger partial charge in [0.05, 0.1) is 12.7 Å². The Morgan fingerprint density at radius 2 is 1.59 bits per heavy atom. The van der Waals surface area contributed by atoms with Gasteiger partial charge in [0.2, 0.25) is 0 Å². The maximum atomic E-state index is 12.3. The Morgan fingerprint density at radius 3 is 2.17 bits per heavy atom. The van der Waals surface area contributed by atoms with Crippen LogP contribution in [-0.4, -0.2) is 49.5 Å². The average molecular weight is 398 g/mol. The monoisotopic (exact) mass is 398 g/mol. The molecule has 0 aromatic heterocycles. The van der Waals surface area contributed by atoms with Crippen LogP contribution in [0.1, 0.15) is 40.1 Å². The molecule has 2 amide bonds. The molecule has 0 atom stereocenters. The van der Waals surface area contributed by atoms with Gasteiger partial charge in [-0.3, -0.25) is 9.59 Å². The van der Waals surface area contributed by atoms with Crippen LogP contribution in [-0.2, 0) is 9.53 Å². The first-order chi connectivity index (χ1) is 13.9. The highest BCUT2D eigenvalue weighted by Crippen LogP contribution is 2.19. The molecular weight excluding hydrogens is 372 g/mol. The summed E-state index contributed by atoms with van der Waals surface area (Å²) in [5.74, 6) is -0.572. The third kappa shape index (κ3) is 5.81. The van der Waals surface area contributed by atoms with Gasteiger partial charge in [-0.05, 0) is 62.7 Å². The number of benzene rings is 2. The van der Waals surface area contributed by atoms with Gasteiger partial charge >= 0.3 is 5.97 Å². The molecule has 7 heteroatoms. The van der Waals surface area contributed by atoms with E-state index in [1.807, 2.05) is 20.8 Å². The smallest absolute Gasteiger partial charge is 0.338 e. The minimum absolute atomic E-state index is 0.0599. The first-order valence-electron chi connectivity index (χ1n) is 9.40. The molecule has 0 saturated carbocycles.